The van der Waals surface area contributed by atoms with Gasteiger partial charge in [0.15, 0.2) is 0 Å². The van der Waals surface area contributed by atoms with Crippen molar-refractivity contribution < 1.29 is 49.4 Å². The summed E-state index contributed by atoms with van der Waals surface area (Å²) in [5, 5.41) is 53.0. The van der Waals surface area contributed by atoms with Crippen molar-refractivity contribution in [2.75, 3.05) is 44.4 Å². The Balaban J connectivity index is 3.61. The highest BCUT2D eigenvalue weighted by Crippen LogP contribution is 2.38. The van der Waals surface area contributed by atoms with Gasteiger partial charge in [0.05, 0.1) is 55.9 Å². The fourth-order valence-corrected chi connectivity index (χ4v) is 7.60. The average Bonchev–Trinajstić information content (AvgIpc) is 2.83. The van der Waals surface area contributed by atoms with Gasteiger partial charge in [0, 0.05) is 30.5 Å². The molecule has 0 saturated heterocycles. The van der Waals surface area contributed by atoms with E-state index in [9.17, 15) is 39.6 Å². The number of aliphatic hydroxyl groups excluding tert-OH is 5. The largest absolute Gasteiger partial charge is 0.463 e. The quantitative estimate of drug-likeness (QED) is 0.0947. The Hall–Kier alpha value is -0.910. The predicted molar refractivity (Wildman–Crippen MR) is 156 cm³/mol. The zero-order valence-corrected chi connectivity index (χ0v) is 26.3. The lowest BCUT2D eigenvalue weighted by atomic mass is 10.1. The Kier molecular flexibility index (Phi) is 15.0. The molecule has 1 aromatic carbocycles. The number of hydrogen-bond acceptors (Lipinski definition) is 10. The normalized spacial score (nSPS) is 13.4. The van der Waals surface area contributed by atoms with Crippen molar-refractivity contribution in [3.8, 4) is 0 Å². The number of hydrogen-bond donors (Lipinski definition) is 7. The lowest BCUT2D eigenvalue weighted by molar-refractivity contribution is -0.143. The minimum atomic E-state index is -1.31. The molecular formula is C21H28I3N3O10. The molecular weight excluding hydrogens is 835 g/mol. The van der Waals surface area contributed by atoms with Crippen molar-refractivity contribution >= 4 is 97.2 Å². The van der Waals surface area contributed by atoms with Crippen molar-refractivity contribution in [3.05, 3.63) is 21.8 Å². The van der Waals surface area contributed by atoms with E-state index >= 15 is 0 Å². The molecule has 3 amide bonds. The summed E-state index contributed by atoms with van der Waals surface area (Å²) in [6.07, 6.45) is -3.74. The number of carbonyl (C=O) groups is 4. The molecule has 0 fully saturated rings. The molecule has 1 rings (SSSR count). The van der Waals surface area contributed by atoms with Gasteiger partial charge >= 0.3 is 5.97 Å². The zero-order valence-electron chi connectivity index (χ0n) is 19.8. The van der Waals surface area contributed by atoms with Crippen LogP contribution in [0.15, 0.2) is 0 Å². The second kappa shape index (κ2) is 16.3. The third kappa shape index (κ3) is 9.97. The molecule has 0 saturated carbocycles. The third-order valence-electron chi connectivity index (χ3n) is 4.69. The van der Waals surface area contributed by atoms with E-state index in [1.54, 1.807) is 22.6 Å². The van der Waals surface area contributed by atoms with E-state index in [0.29, 0.717) is 0 Å². The molecule has 0 radical (unpaired) electrons. The van der Waals surface area contributed by atoms with Gasteiger partial charge in [-0.1, -0.05) is 0 Å². The van der Waals surface area contributed by atoms with Crippen LogP contribution >= 0.6 is 67.8 Å². The standard InChI is InChI=1S/C21H28I3N3O10/c1-9(30)27(5-13(34)7-29)19-17(23)14(20(35)25-3-11(32)6-28)16(22)15(18(19)24)21(36)26-4-12(33)8-37-10(2)31/h11-13,28-29,32-34H,3-8H2,1-2H3,(H,25,35)(H,26,36). The second-order valence-corrected chi connectivity index (χ2v) is 11.0. The van der Waals surface area contributed by atoms with Crippen LogP contribution in [0.2, 0.25) is 0 Å². The first-order valence-corrected chi connectivity index (χ1v) is 13.9. The molecule has 7 N–H and O–H groups in total. The Bertz CT molecular complexity index is 1010. The monoisotopic (exact) mass is 863 g/mol. The molecule has 0 heterocycles. The van der Waals surface area contributed by atoms with Crippen molar-refractivity contribution in [2.24, 2.45) is 0 Å². The summed E-state index contributed by atoms with van der Waals surface area (Å²) in [5.74, 6) is -2.54. The minimum absolute atomic E-state index is 0.00268. The van der Waals surface area contributed by atoms with Crippen LogP contribution in [0.25, 0.3) is 0 Å². The van der Waals surface area contributed by atoms with Gasteiger partial charge in [-0.05, 0) is 67.8 Å². The molecule has 0 aliphatic rings. The Labute approximate surface area is 253 Å². The fraction of sp³-hybridized carbons (Fsp3) is 0.524. The highest BCUT2D eigenvalue weighted by molar-refractivity contribution is 14.1. The smallest absolute Gasteiger partial charge is 0.302 e. The summed E-state index contributed by atoms with van der Waals surface area (Å²) in [6.45, 7) is -0.0883. The van der Waals surface area contributed by atoms with E-state index in [-0.39, 0.29) is 53.8 Å². The molecule has 0 aromatic heterocycles. The van der Waals surface area contributed by atoms with Gasteiger partial charge in [-0.2, -0.15) is 0 Å². The van der Waals surface area contributed by atoms with Crippen LogP contribution in [0.4, 0.5) is 5.69 Å². The molecule has 37 heavy (non-hydrogen) atoms. The topological polar surface area (TPSA) is 206 Å². The van der Waals surface area contributed by atoms with Crippen LogP contribution in [-0.2, 0) is 14.3 Å². The summed E-state index contributed by atoms with van der Waals surface area (Å²) in [6, 6.07) is 0. The Morgan fingerprint density at radius 2 is 1.27 bits per heavy atom. The average molecular weight is 863 g/mol. The number of aliphatic hydroxyl groups is 5. The molecule has 16 heteroatoms. The first kappa shape index (κ1) is 34.1. The molecule has 3 unspecified atom stereocenters. The SMILES string of the molecule is CC(=O)OCC(O)CNC(=O)c1c(I)c(C(=O)NCC(O)CO)c(I)c(N(CC(O)CO)C(C)=O)c1I. The number of rotatable bonds is 13. The summed E-state index contributed by atoms with van der Waals surface area (Å²) < 4.78 is 5.42. The third-order valence-corrected chi connectivity index (χ3v) is 7.87. The molecule has 3 atom stereocenters. The van der Waals surface area contributed by atoms with Crippen molar-refractivity contribution in [1.82, 2.24) is 10.6 Å². The van der Waals surface area contributed by atoms with E-state index in [1.165, 1.54) is 13.8 Å². The first-order valence-electron chi connectivity index (χ1n) is 10.7. The van der Waals surface area contributed by atoms with E-state index in [0.717, 1.165) is 4.90 Å². The Morgan fingerprint density at radius 3 is 1.68 bits per heavy atom. The maximum atomic E-state index is 13.2. The van der Waals surface area contributed by atoms with Crippen molar-refractivity contribution in [1.29, 1.82) is 0 Å². The van der Waals surface area contributed by atoms with Crippen LogP contribution in [-0.4, -0.2) is 107 Å². The number of carbonyl (C=O) groups excluding carboxylic acids is 4. The Morgan fingerprint density at radius 1 is 0.811 bits per heavy atom. The number of esters is 1. The summed E-state index contributed by atoms with van der Waals surface area (Å²) in [7, 11) is 0. The minimum Gasteiger partial charge on any atom is -0.463 e. The summed E-state index contributed by atoms with van der Waals surface area (Å²) in [5.41, 5.74) is 0.131. The van der Waals surface area contributed by atoms with Crippen LogP contribution in [0.3, 0.4) is 0 Å². The number of amides is 3. The van der Waals surface area contributed by atoms with Gasteiger partial charge in [-0.3, -0.25) is 19.2 Å². The van der Waals surface area contributed by atoms with Gasteiger partial charge in [0.25, 0.3) is 11.8 Å². The van der Waals surface area contributed by atoms with Crippen LogP contribution in [0.5, 0.6) is 0 Å². The molecule has 0 spiro atoms. The number of anilines is 1. The van der Waals surface area contributed by atoms with Gasteiger partial charge in [0.2, 0.25) is 5.91 Å². The molecule has 208 valence electrons. The number of nitrogens with zero attached hydrogens (tertiary/aromatic N) is 1. The lowest BCUT2D eigenvalue weighted by Gasteiger charge is -2.28. The molecule has 13 nitrogen and oxygen atoms in total. The van der Waals surface area contributed by atoms with Gasteiger partial charge < -0.3 is 45.8 Å². The van der Waals surface area contributed by atoms with Crippen molar-refractivity contribution in [3.63, 3.8) is 0 Å². The molecule has 1 aromatic rings. The number of benzene rings is 1. The van der Waals surface area contributed by atoms with Crippen LogP contribution in [0.1, 0.15) is 34.6 Å². The van der Waals surface area contributed by atoms with E-state index in [1.807, 2.05) is 45.2 Å². The van der Waals surface area contributed by atoms with E-state index in [4.69, 9.17) is 9.84 Å². The van der Waals surface area contributed by atoms with E-state index < -0.39 is 55.2 Å². The van der Waals surface area contributed by atoms with Gasteiger partial charge in [0.1, 0.15) is 12.7 Å². The van der Waals surface area contributed by atoms with Crippen LogP contribution < -0.4 is 15.5 Å². The lowest BCUT2D eigenvalue weighted by Crippen LogP contribution is -2.41. The van der Waals surface area contributed by atoms with Crippen LogP contribution in [0, 0.1) is 10.7 Å². The zero-order chi connectivity index (χ0) is 28.4. The van der Waals surface area contributed by atoms with Gasteiger partial charge in [-0.25, -0.2) is 0 Å². The maximum Gasteiger partial charge on any atom is 0.302 e. The molecule has 0 aliphatic heterocycles. The number of halogens is 3. The summed E-state index contributed by atoms with van der Waals surface area (Å²) in [4.78, 5) is 50.9. The molecule has 0 aliphatic carbocycles. The number of ether oxygens (including phenoxy) is 1. The first-order chi connectivity index (χ1) is 17.3. The summed E-state index contributed by atoms with van der Waals surface area (Å²) >= 11 is 5.45. The number of nitrogens with one attached hydrogen (secondary N) is 2. The van der Waals surface area contributed by atoms with Crippen molar-refractivity contribution in [2.45, 2.75) is 32.2 Å². The fourth-order valence-electron chi connectivity index (χ4n) is 2.87. The maximum absolute atomic E-state index is 13.2. The second-order valence-electron chi connectivity index (χ2n) is 7.72. The highest BCUT2D eigenvalue weighted by Gasteiger charge is 2.32. The predicted octanol–water partition coefficient (Wildman–Crippen LogP) is -1.06. The molecule has 0 bridgehead atoms. The van der Waals surface area contributed by atoms with Gasteiger partial charge in [-0.15, -0.1) is 0 Å². The highest BCUT2D eigenvalue weighted by atomic mass is 127. The van der Waals surface area contributed by atoms with E-state index in [2.05, 4.69) is 10.6 Å².